The molecule has 2 atom stereocenters. The fraction of sp³-hybridized carbons (Fsp3) is 0.700. The highest BCUT2D eigenvalue weighted by molar-refractivity contribution is 9.10. The summed E-state index contributed by atoms with van der Waals surface area (Å²) in [6.07, 6.45) is 1.36. The zero-order chi connectivity index (χ0) is 15.8. The maximum absolute atomic E-state index is 12.9. The summed E-state index contributed by atoms with van der Waals surface area (Å²) in [7, 11) is -2.54. The average Bonchev–Trinajstić information content (AvgIpc) is 2.94. The number of nitrogens with zero attached hydrogens (tertiary/aromatic N) is 4. The van der Waals surface area contributed by atoms with Crippen molar-refractivity contribution in [3.05, 3.63) is 4.60 Å². The van der Waals surface area contributed by atoms with Crippen LogP contribution in [0.15, 0.2) is 9.63 Å². The second kappa shape index (κ2) is 6.23. The number of hydrogen-bond donors (Lipinski definition) is 1. The van der Waals surface area contributed by atoms with Crippen LogP contribution in [0.2, 0.25) is 0 Å². The zero-order valence-corrected chi connectivity index (χ0v) is 14.7. The van der Waals surface area contributed by atoms with E-state index < -0.39 is 22.0 Å². The lowest BCUT2D eigenvalue weighted by atomic mass is 10.3. The van der Waals surface area contributed by atoms with Crippen molar-refractivity contribution in [2.45, 2.75) is 36.2 Å². The van der Waals surface area contributed by atoms with Crippen LogP contribution in [0.4, 0.5) is 0 Å². The van der Waals surface area contributed by atoms with Gasteiger partial charge < -0.3 is 5.11 Å². The highest BCUT2D eigenvalue weighted by Crippen LogP contribution is 2.37. The average molecular weight is 399 g/mol. The van der Waals surface area contributed by atoms with Crippen LogP contribution in [0.1, 0.15) is 19.8 Å². The first kappa shape index (κ1) is 16.7. The van der Waals surface area contributed by atoms with Gasteiger partial charge in [-0.15, -0.1) is 16.9 Å². The predicted octanol–water partition coefficient (Wildman–Crippen LogP) is 0.894. The van der Waals surface area contributed by atoms with E-state index in [0.717, 1.165) is 15.4 Å². The molecule has 1 aliphatic rings. The van der Waals surface area contributed by atoms with Crippen molar-refractivity contribution in [3.63, 3.8) is 0 Å². The summed E-state index contributed by atoms with van der Waals surface area (Å²) in [6.45, 7) is 1.93. The lowest BCUT2D eigenvalue weighted by Crippen LogP contribution is -2.46. The first-order chi connectivity index (χ1) is 9.80. The van der Waals surface area contributed by atoms with Crippen LogP contribution in [0, 0.1) is 0 Å². The molecular formula is C10H15BrN4O4S2. The van der Waals surface area contributed by atoms with E-state index in [9.17, 15) is 18.3 Å². The van der Waals surface area contributed by atoms with Crippen molar-refractivity contribution in [3.8, 4) is 0 Å². The smallest absolute Gasteiger partial charge is 0.322 e. The summed E-state index contributed by atoms with van der Waals surface area (Å²) >= 11 is 4.41. The molecule has 1 fully saturated rings. The fourth-order valence-electron chi connectivity index (χ4n) is 2.21. The van der Waals surface area contributed by atoms with E-state index in [1.165, 1.54) is 18.8 Å². The van der Waals surface area contributed by atoms with Crippen LogP contribution < -0.4 is 0 Å². The van der Waals surface area contributed by atoms with E-state index in [1.54, 1.807) is 0 Å². The molecule has 1 aromatic heterocycles. The number of sulfonamides is 1. The Morgan fingerprint density at radius 3 is 2.71 bits per heavy atom. The molecule has 1 aliphatic heterocycles. The Labute approximate surface area is 135 Å². The number of aromatic nitrogens is 3. The van der Waals surface area contributed by atoms with Gasteiger partial charge in [0.15, 0.2) is 4.60 Å². The van der Waals surface area contributed by atoms with Gasteiger partial charge in [-0.25, -0.2) is 13.1 Å². The summed E-state index contributed by atoms with van der Waals surface area (Å²) in [4.78, 5) is 11.4. The third kappa shape index (κ3) is 2.96. The quantitative estimate of drug-likeness (QED) is 0.784. The van der Waals surface area contributed by atoms with Gasteiger partial charge in [-0.1, -0.05) is 18.6 Å². The van der Waals surface area contributed by atoms with Crippen molar-refractivity contribution in [2.24, 2.45) is 7.05 Å². The number of carboxylic acids is 1. The Morgan fingerprint density at radius 2 is 2.24 bits per heavy atom. The molecule has 0 aromatic carbocycles. The molecule has 8 nitrogen and oxygen atoms in total. The predicted molar refractivity (Wildman–Crippen MR) is 80.3 cm³/mol. The van der Waals surface area contributed by atoms with Gasteiger partial charge in [0.1, 0.15) is 6.04 Å². The summed E-state index contributed by atoms with van der Waals surface area (Å²) in [5, 5.41) is 16.1. The largest absolute Gasteiger partial charge is 0.480 e. The van der Waals surface area contributed by atoms with Crippen LogP contribution >= 0.6 is 27.7 Å². The number of thioether (sulfide) groups is 1. The van der Waals surface area contributed by atoms with Crippen molar-refractivity contribution in [2.75, 3.05) is 5.75 Å². The normalized spacial score (nSPS) is 23.6. The number of hydrogen-bond acceptors (Lipinski definition) is 6. The Bertz CT molecular complexity index is 628. The van der Waals surface area contributed by atoms with Gasteiger partial charge >= 0.3 is 5.97 Å². The minimum absolute atomic E-state index is 0.0845. The van der Waals surface area contributed by atoms with Crippen molar-refractivity contribution >= 4 is 43.7 Å². The highest BCUT2D eigenvalue weighted by atomic mass is 79.9. The number of halogens is 1. The van der Waals surface area contributed by atoms with Crippen LogP contribution in [0.3, 0.4) is 0 Å². The fourth-order valence-corrected chi connectivity index (χ4v) is 6.91. The molecule has 21 heavy (non-hydrogen) atoms. The molecule has 118 valence electrons. The number of carboxylic acid groups (broad SMARTS) is 1. The summed E-state index contributed by atoms with van der Waals surface area (Å²) in [5.41, 5.74) is 0. The van der Waals surface area contributed by atoms with Gasteiger partial charge in [0.25, 0.3) is 10.0 Å². The molecule has 2 rings (SSSR count). The lowest BCUT2D eigenvalue weighted by molar-refractivity contribution is -0.140. The molecule has 11 heteroatoms. The standard InChI is InChI=1S/C10H15BrN4O4S2/c1-3-4-7-15(6(5-20-7)10(16)17)21(18,19)9-8(11)12-13-14(9)2/h6-7H,3-5H2,1-2H3,(H,16,17). The Morgan fingerprint density at radius 1 is 1.57 bits per heavy atom. The molecule has 2 heterocycles. The summed E-state index contributed by atoms with van der Waals surface area (Å²) in [5.74, 6) is -0.904. The minimum Gasteiger partial charge on any atom is -0.480 e. The topological polar surface area (TPSA) is 105 Å². The van der Waals surface area contributed by atoms with Crippen molar-refractivity contribution in [1.82, 2.24) is 19.3 Å². The Balaban J connectivity index is 2.50. The van der Waals surface area contributed by atoms with Crippen LogP contribution in [0.5, 0.6) is 0 Å². The second-order valence-corrected chi connectivity index (χ2v) is 8.30. The Hall–Kier alpha value is -0.650. The van der Waals surface area contributed by atoms with Crippen LogP contribution in [0.25, 0.3) is 0 Å². The molecule has 0 saturated carbocycles. The zero-order valence-electron chi connectivity index (χ0n) is 11.4. The Kier molecular flexibility index (Phi) is 4.96. The molecule has 0 aliphatic carbocycles. The van der Waals surface area contributed by atoms with Gasteiger partial charge in [0.05, 0.1) is 5.37 Å². The number of rotatable bonds is 5. The van der Waals surface area contributed by atoms with E-state index in [1.807, 2.05) is 6.92 Å². The first-order valence-electron chi connectivity index (χ1n) is 6.23. The molecule has 0 spiro atoms. The molecule has 0 radical (unpaired) electrons. The second-order valence-electron chi connectivity index (χ2n) is 4.57. The van der Waals surface area contributed by atoms with Crippen molar-refractivity contribution < 1.29 is 18.3 Å². The van der Waals surface area contributed by atoms with E-state index in [2.05, 4.69) is 26.2 Å². The van der Waals surface area contributed by atoms with E-state index >= 15 is 0 Å². The molecule has 1 saturated heterocycles. The van der Waals surface area contributed by atoms with E-state index in [0.29, 0.717) is 6.42 Å². The van der Waals surface area contributed by atoms with Gasteiger partial charge in [0, 0.05) is 12.8 Å². The van der Waals surface area contributed by atoms with Crippen LogP contribution in [-0.2, 0) is 21.9 Å². The highest BCUT2D eigenvalue weighted by Gasteiger charge is 2.47. The maximum Gasteiger partial charge on any atom is 0.322 e. The third-order valence-electron chi connectivity index (χ3n) is 3.12. The lowest BCUT2D eigenvalue weighted by Gasteiger charge is -2.25. The number of aryl methyl sites for hydroxylation is 1. The third-order valence-corrected chi connectivity index (χ3v) is 7.41. The molecule has 0 amide bonds. The maximum atomic E-state index is 12.9. The number of carbonyl (C=O) groups is 1. The van der Waals surface area contributed by atoms with Crippen LogP contribution in [-0.4, -0.2) is 56.0 Å². The molecular weight excluding hydrogens is 384 g/mol. The first-order valence-corrected chi connectivity index (χ1v) is 9.52. The summed E-state index contributed by atoms with van der Waals surface area (Å²) in [6, 6.07) is -1.07. The molecule has 2 unspecified atom stereocenters. The molecule has 1 aromatic rings. The minimum atomic E-state index is -4.00. The van der Waals surface area contributed by atoms with Gasteiger partial charge in [-0.2, -0.15) is 4.31 Å². The van der Waals surface area contributed by atoms with Gasteiger partial charge in [-0.05, 0) is 22.4 Å². The van der Waals surface area contributed by atoms with Gasteiger partial charge in [-0.3, -0.25) is 4.79 Å². The van der Waals surface area contributed by atoms with Gasteiger partial charge in [0.2, 0.25) is 5.03 Å². The van der Waals surface area contributed by atoms with E-state index in [4.69, 9.17) is 0 Å². The van der Waals surface area contributed by atoms with E-state index in [-0.39, 0.29) is 20.8 Å². The monoisotopic (exact) mass is 398 g/mol. The number of aliphatic carboxylic acids is 1. The SMILES string of the molecule is CCCC1SCC(C(=O)O)N1S(=O)(=O)c1c(Br)nnn1C. The molecule has 1 N–H and O–H groups in total. The van der Waals surface area contributed by atoms with Crippen molar-refractivity contribution in [1.29, 1.82) is 0 Å². The molecule has 0 bridgehead atoms. The summed E-state index contributed by atoms with van der Waals surface area (Å²) < 4.78 is 28.0.